The van der Waals surface area contributed by atoms with Crippen LogP contribution in [-0.2, 0) is 0 Å². The predicted molar refractivity (Wildman–Crippen MR) is 83.2 cm³/mol. The Balaban J connectivity index is 1.56. The Kier molecular flexibility index (Phi) is 3.11. The molecule has 2 unspecified atom stereocenters. The first-order chi connectivity index (χ1) is 9.81. The summed E-state index contributed by atoms with van der Waals surface area (Å²) in [6, 6.07) is 4.12. The van der Waals surface area contributed by atoms with Gasteiger partial charge in [0.25, 0.3) is 0 Å². The molecular formula is C15H20N4S. The molecule has 2 fully saturated rings. The number of rotatable bonds is 2. The number of aromatic nitrogens is 2. The zero-order chi connectivity index (χ0) is 13.5. The quantitative estimate of drug-likeness (QED) is 0.922. The van der Waals surface area contributed by atoms with Gasteiger partial charge in [0.2, 0.25) is 0 Å². The van der Waals surface area contributed by atoms with Crippen molar-refractivity contribution in [2.24, 2.45) is 0 Å². The lowest BCUT2D eigenvalue weighted by Gasteiger charge is -2.47. The van der Waals surface area contributed by atoms with Crippen LogP contribution in [0.4, 0.5) is 5.82 Å². The number of nitrogens with one attached hydrogen (secondary N) is 1. The van der Waals surface area contributed by atoms with E-state index in [1.54, 1.807) is 17.7 Å². The fourth-order valence-corrected chi connectivity index (χ4v) is 4.62. The van der Waals surface area contributed by atoms with Gasteiger partial charge in [-0.05, 0) is 44.2 Å². The minimum Gasteiger partial charge on any atom is -0.366 e. The van der Waals surface area contributed by atoms with Gasteiger partial charge in [0, 0.05) is 18.1 Å². The standard InChI is InChI=1S/C15H20N4S/c1-19-11-3-2-4-12(19)8-10(7-11)18-15-14-13(5-6-20-14)16-9-17-15/h5-6,9-12H,2-4,7-8H2,1H3,(H,16,17,18). The lowest BCUT2D eigenvalue weighted by Crippen LogP contribution is -2.52. The molecule has 0 amide bonds. The van der Waals surface area contributed by atoms with E-state index < -0.39 is 0 Å². The highest BCUT2D eigenvalue weighted by atomic mass is 32.1. The largest absolute Gasteiger partial charge is 0.366 e. The van der Waals surface area contributed by atoms with Crippen LogP contribution in [0.2, 0.25) is 0 Å². The number of hydrogen-bond donors (Lipinski definition) is 1. The van der Waals surface area contributed by atoms with Gasteiger partial charge in [-0.25, -0.2) is 9.97 Å². The third-order valence-corrected chi connectivity index (χ3v) is 5.83. The average molecular weight is 288 g/mol. The first-order valence-corrected chi connectivity index (χ1v) is 8.36. The molecule has 2 saturated heterocycles. The normalized spacial score (nSPS) is 30.6. The average Bonchev–Trinajstić information content (AvgIpc) is 2.89. The van der Waals surface area contributed by atoms with Crippen molar-refractivity contribution in [2.45, 2.75) is 50.2 Å². The number of piperidine rings is 2. The van der Waals surface area contributed by atoms with Crippen molar-refractivity contribution in [1.29, 1.82) is 0 Å². The van der Waals surface area contributed by atoms with Gasteiger partial charge in [-0.3, -0.25) is 0 Å². The molecule has 0 saturated carbocycles. The molecule has 106 valence electrons. The summed E-state index contributed by atoms with van der Waals surface area (Å²) in [4.78, 5) is 11.4. The minimum atomic E-state index is 0.557. The Morgan fingerprint density at radius 3 is 2.85 bits per heavy atom. The summed E-state index contributed by atoms with van der Waals surface area (Å²) < 4.78 is 1.19. The molecule has 0 radical (unpaired) electrons. The van der Waals surface area contributed by atoms with Gasteiger partial charge >= 0.3 is 0 Å². The minimum absolute atomic E-state index is 0.557. The maximum absolute atomic E-state index is 4.46. The zero-order valence-electron chi connectivity index (χ0n) is 11.7. The van der Waals surface area contributed by atoms with Gasteiger partial charge in [0.05, 0.1) is 10.2 Å². The molecule has 1 N–H and O–H groups in total. The fourth-order valence-electron chi connectivity index (χ4n) is 3.82. The lowest BCUT2D eigenvalue weighted by molar-refractivity contribution is 0.0608. The van der Waals surface area contributed by atoms with Crippen molar-refractivity contribution in [3.63, 3.8) is 0 Å². The molecule has 4 nitrogen and oxygen atoms in total. The Hall–Kier alpha value is -1.20. The predicted octanol–water partition coefficient (Wildman–Crippen LogP) is 3.12. The maximum Gasteiger partial charge on any atom is 0.147 e. The lowest BCUT2D eigenvalue weighted by atomic mass is 9.82. The maximum atomic E-state index is 4.46. The first kappa shape index (κ1) is 12.5. The van der Waals surface area contributed by atoms with Crippen molar-refractivity contribution in [2.75, 3.05) is 12.4 Å². The van der Waals surface area contributed by atoms with E-state index in [2.05, 4.69) is 38.7 Å². The SMILES string of the molecule is CN1C2CCCC1CC(Nc1ncnc3ccsc13)C2. The second-order valence-corrected chi connectivity index (χ2v) is 6.99. The topological polar surface area (TPSA) is 41.0 Å². The van der Waals surface area contributed by atoms with Crippen LogP contribution in [0.15, 0.2) is 17.8 Å². The van der Waals surface area contributed by atoms with Crippen LogP contribution in [0.25, 0.3) is 10.2 Å². The van der Waals surface area contributed by atoms with E-state index in [1.807, 2.05) is 0 Å². The van der Waals surface area contributed by atoms with Crippen molar-refractivity contribution < 1.29 is 0 Å². The van der Waals surface area contributed by atoms with E-state index in [0.29, 0.717) is 6.04 Å². The van der Waals surface area contributed by atoms with E-state index in [0.717, 1.165) is 23.4 Å². The molecule has 4 rings (SSSR count). The van der Waals surface area contributed by atoms with E-state index in [9.17, 15) is 0 Å². The number of fused-ring (bicyclic) bond motifs is 3. The summed E-state index contributed by atoms with van der Waals surface area (Å²) in [5.41, 5.74) is 1.06. The molecule has 0 spiro atoms. The summed E-state index contributed by atoms with van der Waals surface area (Å²) in [5, 5.41) is 5.78. The highest BCUT2D eigenvalue weighted by molar-refractivity contribution is 7.17. The van der Waals surface area contributed by atoms with Gasteiger partial charge < -0.3 is 10.2 Å². The smallest absolute Gasteiger partial charge is 0.147 e. The Bertz CT molecular complexity index is 597. The van der Waals surface area contributed by atoms with E-state index in [-0.39, 0.29) is 0 Å². The van der Waals surface area contributed by atoms with Crippen LogP contribution in [0.3, 0.4) is 0 Å². The second kappa shape index (κ2) is 4.97. The van der Waals surface area contributed by atoms with Crippen LogP contribution in [0.1, 0.15) is 32.1 Å². The molecule has 2 bridgehead atoms. The summed E-state index contributed by atoms with van der Waals surface area (Å²) in [6.07, 6.45) is 8.25. The molecular weight excluding hydrogens is 268 g/mol. The molecule has 4 heterocycles. The van der Waals surface area contributed by atoms with Gasteiger partial charge in [-0.1, -0.05) is 6.42 Å². The summed E-state index contributed by atoms with van der Waals surface area (Å²) in [6.45, 7) is 0. The fraction of sp³-hybridized carbons (Fsp3) is 0.600. The van der Waals surface area contributed by atoms with Crippen molar-refractivity contribution in [1.82, 2.24) is 14.9 Å². The molecule has 0 aliphatic carbocycles. The number of hydrogen-bond acceptors (Lipinski definition) is 5. The van der Waals surface area contributed by atoms with Crippen molar-refractivity contribution in [3.8, 4) is 0 Å². The Morgan fingerprint density at radius 2 is 2.05 bits per heavy atom. The van der Waals surface area contributed by atoms with Gasteiger partial charge in [0.15, 0.2) is 0 Å². The summed E-state index contributed by atoms with van der Waals surface area (Å²) in [5.74, 6) is 1.03. The van der Waals surface area contributed by atoms with Crippen LogP contribution >= 0.6 is 11.3 Å². The van der Waals surface area contributed by atoms with E-state index in [1.165, 1.54) is 36.8 Å². The summed E-state index contributed by atoms with van der Waals surface area (Å²) >= 11 is 1.73. The van der Waals surface area contributed by atoms with Gasteiger partial charge in [-0.2, -0.15) is 0 Å². The Morgan fingerprint density at radius 1 is 1.25 bits per heavy atom. The van der Waals surface area contributed by atoms with Crippen LogP contribution in [0, 0.1) is 0 Å². The first-order valence-electron chi connectivity index (χ1n) is 7.48. The monoisotopic (exact) mass is 288 g/mol. The molecule has 2 aliphatic rings. The van der Waals surface area contributed by atoms with Gasteiger partial charge in [0.1, 0.15) is 12.1 Å². The number of anilines is 1. The molecule has 2 aromatic rings. The molecule has 2 atom stereocenters. The second-order valence-electron chi connectivity index (χ2n) is 6.07. The van der Waals surface area contributed by atoms with E-state index >= 15 is 0 Å². The number of nitrogens with zero attached hydrogens (tertiary/aromatic N) is 3. The highest BCUT2D eigenvalue weighted by Crippen LogP contribution is 2.34. The third kappa shape index (κ3) is 2.09. The molecule has 20 heavy (non-hydrogen) atoms. The van der Waals surface area contributed by atoms with Gasteiger partial charge in [-0.15, -0.1) is 11.3 Å². The molecule has 5 heteroatoms. The van der Waals surface area contributed by atoms with E-state index in [4.69, 9.17) is 0 Å². The van der Waals surface area contributed by atoms with Crippen LogP contribution < -0.4 is 5.32 Å². The number of thiophene rings is 1. The summed E-state index contributed by atoms with van der Waals surface area (Å²) in [7, 11) is 2.30. The third-order valence-electron chi connectivity index (χ3n) is 4.92. The van der Waals surface area contributed by atoms with Crippen LogP contribution in [-0.4, -0.2) is 40.0 Å². The Labute approximate surface area is 123 Å². The molecule has 2 aliphatic heterocycles. The molecule has 2 aromatic heterocycles. The van der Waals surface area contributed by atoms with Crippen molar-refractivity contribution >= 4 is 27.4 Å². The molecule has 0 aromatic carbocycles. The van der Waals surface area contributed by atoms with Crippen LogP contribution in [0.5, 0.6) is 0 Å². The zero-order valence-corrected chi connectivity index (χ0v) is 12.6. The highest BCUT2D eigenvalue weighted by Gasteiger charge is 2.36. The van der Waals surface area contributed by atoms with Crippen molar-refractivity contribution in [3.05, 3.63) is 17.8 Å².